The predicted molar refractivity (Wildman–Crippen MR) is 43.2 cm³/mol. The zero-order valence-corrected chi connectivity index (χ0v) is 7.71. The number of hydrogen-bond acceptors (Lipinski definition) is 1. The molecule has 1 aromatic carbocycles. The maximum Gasteiger partial charge on any atom is 0.310 e. The molecule has 0 heterocycles. The van der Waals surface area contributed by atoms with Gasteiger partial charge in [-0.1, -0.05) is 19.4 Å². The van der Waals surface area contributed by atoms with E-state index >= 15 is 0 Å². The summed E-state index contributed by atoms with van der Waals surface area (Å²) in [5, 5.41) is 0. The quantitative estimate of drug-likeness (QED) is 0.565. The molecule has 8 heteroatoms. The fourth-order valence-electron chi connectivity index (χ4n) is 0.843. The lowest BCUT2D eigenvalue weighted by Gasteiger charge is -2.40. The highest BCUT2D eigenvalue weighted by Crippen LogP contribution is 3.02. The monoisotopic (exact) mass is 250 g/mol. The van der Waals surface area contributed by atoms with Crippen LogP contribution in [0.4, 0.5) is 23.8 Å². The van der Waals surface area contributed by atoms with Crippen LogP contribution in [0.3, 0.4) is 0 Å². The third kappa shape index (κ3) is 2.65. The van der Waals surface area contributed by atoms with Gasteiger partial charge < -0.3 is 0 Å². The zero-order valence-electron chi connectivity index (χ0n) is 6.89. The van der Waals surface area contributed by atoms with Crippen LogP contribution < -0.4 is 0 Å². The Balaban J connectivity index is 3.45. The van der Waals surface area contributed by atoms with Crippen LogP contribution in [0.25, 0.3) is 0 Å². The second-order valence-electron chi connectivity index (χ2n) is 2.77. The summed E-state index contributed by atoms with van der Waals surface area (Å²) in [5.74, 6) is -1.63. The van der Waals surface area contributed by atoms with Gasteiger partial charge in [0, 0.05) is 0 Å². The van der Waals surface area contributed by atoms with Gasteiger partial charge in [-0.15, -0.1) is 0 Å². The summed E-state index contributed by atoms with van der Waals surface area (Å²) in [5.41, 5.74) is -0.708. The van der Waals surface area contributed by atoms with E-state index in [0.29, 0.717) is 6.07 Å². The molecule has 0 aromatic heterocycles. The van der Waals surface area contributed by atoms with Gasteiger partial charge in [0.1, 0.15) is 10.7 Å². The summed E-state index contributed by atoms with van der Waals surface area (Å²) in [4.78, 5) is 7.70. The molecule has 0 saturated heterocycles. The number of rotatable bonds is 2. The summed E-state index contributed by atoms with van der Waals surface area (Å²) >= 11 is 0. The molecule has 0 bridgehead atoms. The van der Waals surface area contributed by atoms with Crippen molar-refractivity contribution in [1.29, 1.82) is 0 Å². The maximum absolute atomic E-state index is 12.7. The largest absolute Gasteiger partial charge is 0.310 e. The van der Waals surface area contributed by atoms with E-state index in [1.807, 2.05) is 0 Å². The normalized spacial score (nSPS) is 16.7. The molecule has 0 aliphatic carbocycles. The van der Waals surface area contributed by atoms with Crippen molar-refractivity contribution < 1.29 is 28.6 Å². The third-order valence-electron chi connectivity index (χ3n) is 1.54. The van der Waals surface area contributed by atoms with E-state index in [-0.39, 0.29) is 18.4 Å². The van der Waals surface area contributed by atoms with Crippen LogP contribution in [0.15, 0.2) is 23.1 Å². The molecule has 0 aliphatic rings. The number of carbonyl (C=O) groups excluding carboxylic acids is 1. The number of hydrogen-bond donors (Lipinski definition) is 0. The van der Waals surface area contributed by atoms with E-state index in [2.05, 4.69) is 0 Å². The lowest BCUT2D eigenvalue weighted by Crippen LogP contribution is -2.07. The highest BCUT2D eigenvalue weighted by molar-refractivity contribution is 8.45. The fourth-order valence-corrected chi connectivity index (χ4v) is 1.49. The Morgan fingerprint density at radius 2 is 1.60 bits per heavy atom. The highest BCUT2D eigenvalue weighted by atomic mass is 32.5. The van der Waals surface area contributed by atoms with Crippen molar-refractivity contribution in [3.63, 3.8) is 0 Å². The molecule has 0 unspecified atom stereocenters. The van der Waals surface area contributed by atoms with Crippen LogP contribution >= 0.6 is 10.2 Å². The molecule has 1 nitrogen and oxygen atoms in total. The minimum atomic E-state index is -9.86. The Kier molecular flexibility index (Phi) is 1.97. The summed E-state index contributed by atoms with van der Waals surface area (Å²) in [6.45, 7) is 0. The van der Waals surface area contributed by atoms with Crippen LogP contribution in [0.5, 0.6) is 0 Å². The van der Waals surface area contributed by atoms with Gasteiger partial charge in [-0.3, -0.25) is 4.79 Å². The highest BCUT2D eigenvalue weighted by Gasteiger charge is 2.65. The molecule has 0 aliphatic heterocycles. The minimum Gasteiger partial charge on any atom is -0.298 e. The van der Waals surface area contributed by atoms with Gasteiger partial charge in [0.25, 0.3) is 0 Å². The third-order valence-corrected chi connectivity index (χ3v) is 2.69. The SMILES string of the molecule is O=Cc1ccc(S(F)(F)(F)(F)F)cc1F. The number of carbonyl (C=O) groups is 1. The van der Waals surface area contributed by atoms with Gasteiger partial charge in [0.15, 0.2) is 6.29 Å². The topological polar surface area (TPSA) is 17.1 Å². The first kappa shape index (κ1) is 11.9. The van der Waals surface area contributed by atoms with E-state index in [9.17, 15) is 28.6 Å². The van der Waals surface area contributed by atoms with Crippen molar-refractivity contribution in [3.05, 3.63) is 29.6 Å². The van der Waals surface area contributed by atoms with Crippen LogP contribution in [0.2, 0.25) is 0 Å². The van der Waals surface area contributed by atoms with Gasteiger partial charge in [0.05, 0.1) is 5.56 Å². The first-order valence-electron chi connectivity index (χ1n) is 3.43. The molecule has 0 fully saturated rings. The Labute approximate surface area is 80.4 Å². The smallest absolute Gasteiger partial charge is 0.298 e. The van der Waals surface area contributed by atoms with Crippen molar-refractivity contribution in [2.45, 2.75) is 4.90 Å². The van der Waals surface area contributed by atoms with E-state index in [1.165, 1.54) is 0 Å². The molecule has 0 spiro atoms. The zero-order chi connectivity index (χ0) is 12.0. The molecule has 0 atom stereocenters. The lowest BCUT2D eigenvalue weighted by atomic mass is 10.2. The Hall–Kier alpha value is -1.18. The lowest BCUT2D eigenvalue weighted by molar-refractivity contribution is 0.111. The molecule has 0 radical (unpaired) electrons. The summed E-state index contributed by atoms with van der Waals surface area (Å²) in [6.07, 6.45) is -0.0650. The van der Waals surface area contributed by atoms with Crippen molar-refractivity contribution in [3.8, 4) is 0 Å². The average Bonchev–Trinajstić information content (AvgIpc) is 2.00. The Morgan fingerprint density at radius 1 is 1.07 bits per heavy atom. The summed E-state index contributed by atoms with van der Waals surface area (Å²) in [7, 11) is -9.86. The molecule has 15 heavy (non-hydrogen) atoms. The van der Waals surface area contributed by atoms with Crippen molar-refractivity contribution in [2.75, 3.05) is 0 Å². The first-order valence-corrected chi connectivity index (χ1v) is 5.38. The number of benzene rings is 1. The molecule has 1 rings (SSSR count). The summed E-state index contributed by atoms with van der Waals surface area (Å²) < 4.78 is 73.2. The van der Waals surface area contributed by atoms with E-state index in [0.717, 1.165) is 0 Å². The molecule has 0 N–H and O–H groups in total. The Morgan fingerprint density at radius 3 is 1.93 bits per heavy atom. The molecular formula is C7H4F6OS. The second-order valence-corrected chi connectivity index (χ2v) is 5.18. The van der Waals surface area contributed by atoms with E-state index in [1.54, 1.807) is 0 Å². The van der Waals surface area contributed by atoms with E-state index in [4.69, 9.17) is 0 Å². The van der Waals surface area contributed by atoms with Crippen molar-refractivity contribution >= 4 is 16.5 Å². The van der Waals surface area contributed by atoms with Crippen LogP contribution in [-0.2, 0) is 0 Å². The minimum absolute atomic E-state index is 0.0195. The molecule has 1 aromatic rings. The maximum atomic E-state index is 12.7. The number of aldehydes is 1. The first-order chi connectivity index (χ1) is 6.44. The fraction of sp³-hybridized carbons (Fsp3) is 0. The predicted octanol–water partition coefficient (Wildman–Crippen LogP) is 4.30. The van der Waals surface area contributed by atoms with Gasteiger partial charge in [-0.25, -0.2) is 4.39 Å². The van der Waals surface area contributed by atoms with E-state index < -0.39 is 26.5 Å². The Bertz CT molecular complexity index is 422. The van der Waals surface area contributed by atoms with Gasteiger partial charge in [-0.2, -0.15) is 0 Å². The van der Waals surface area contributed by atoms with Crippen molar-refractivity contribution in [1.82, 2.24) is 0 Å². The van der Waals surface area contributed by atoms with Gasteiger partial charge in [-0.05, 0) is 18.2 Å². The van der Waals surface area contributed by atoms with Gasteiger partial charge in [0.2, 0.25) is 0 Å². The average molecular weight is 250 g/mol. The molecule has 86 valence electrons. The second kappa shape index (κ2) is 2.49. The van der Waals surface area contributed by atoms with Crippen LogP contribution in [-0.4, -0.2) is 6.29 Å². The standard InChI is InChI=1S/C7H4F6OS/c8-7-3-6(2-1-5(7)4-14)15(9,10,11,12)13/h1-4H. The summed E-state index contributed by atoms with van der Waals surface area (Å²) in [6, 6.07) is -0.0464. The van der Waals surface area contributed by atoms with Crippen LogP contribution in [0.1, 0.15) is 10.4 Å². The molecule has 0 saturated carbocycles. The van der Waals surface area contributed by atoms with Gasteiger partial charge >= 0.3 is 10.2 Å². The van der Waals surface area contributed by atoms with Crippen LogP contribution in [0, 0.1) is 5.82 Å². The molecular weight excluding hydrogens is 246 g/mol. The molecule has 0 amide bonds. The van der Waals surface area contributed by atoms with Crippen molar-refractivity contribution in [2.24, 2.45) is 0 Å². The number of halogens is 6.